The SMILES string of the molecule is COc1ccccc1[C@@H]1Nc2nonc2NC2=C1C(=O)CC(C)(C)C2. The number of anilines is 2. The van der Waals surface area contributed by atoms with Gasteiger partial charge in [-0.05, 0) is 28.2 Å². The minimum absolute atomic E-state index is 0.115. The van der Waals surface area contributed by atoms with E-state index in [-0.39, 0.29) is 17.2 Å². The van der Waals surface area contributed by atoms with Crippen LogP contribution in [0.5, 0.6) is 5.75 Å². The lowest BCUT2D eigenvalue weighted by Gasteiger charge is -2.34. The quantitative estimate of drug-likeness (QED) is 0.867. The molecule has 2 heterocycles. The minimum atomic E-state index is -0.379. The summed E-state index contributed by atoms with van der Waals surface area (Å²) >= 11 is 0. The van der Waals surface area contributed by atoms with Crippen LogP contribution in [0.15, 0.2) is 40.2 Å². The van der Waals surface area contributed by atoms with Gasteiger partial charge in [-0.3, -0.25) is 4.79 Å². The summed E-state index contributed by atoms with van der Waals surface area (Å²) in [5, 5.41) is 14.4. The first kappa shape index (κ1) is 15.7. The van der Waals surface area contributed by atoms with Gasteiger partial charge in [0.1, 0.15) is 5.75 Å². The van der Waals surface area contributed by atoms with Crippen molar-refractivity contribution in [1.82, 2.24) is 10.3 Å². The summed E-state index contributed by atoms with van der Waals surface area (Å²) in [6, 6.07) is 7.29. The minimum Gasteiger partial charge on any atom is -0.496 e. The van der Waals surface area contributed by atoms with Gasteiger partial charge in [-0.1, -0.05) is 32.0 Å². The molecule has 1 aromatic carbocycles. The van der Waals surface area contributed by atoms with Gasteiger partial charge in [0, 0.05) is 23.3 Å². The van der Waals surface area contributed by atoms with Crippen LogP contribution in [0.1, 0.15) is 38.3 Å². The number of hydrogen-bond donors (Lipinski definition) is 2. The van der Waals surface area contributed by atoms with Crippen molar-refractivity contribution in [2.45, 2.75) is 32.7 Å². The number of rotatable bonds is 2. The summed E-state index contributed by atoms with van der Waals surface area (Å²) in [6.45, 7) is 4.18. The molecular weight excluding hydrogens is 320 g/mol. The van der Waals surface area contributed by atoms with Gasteiger partial charge in [0.25, 0.3) is 0 Å². The Hall–Kier alpha value is -2.83. The molecule has 0 saturated carbocycles. The monoisotopic (exact) mass is 340 g/mol. The predicted molar refractivity (Wildman–Crippen MR) is 92.3 cm³/mol. The highest BCUT2D eigenvalue weighted by molar-refractivity contribution is 6.00. The third kappa shape index (κ3) is 2.65. The highest BCUT2D eigenvalue weighted by atomic mass is 16.6. The Kier molecular flexibility index (Phi) is 3.52. The number of methoxy groups -OCH3 is 1. The number of carbonyl (C=O) groups is 1. The van der Waals surface area contributed by atoms with Gasteiger partial charge in [-0.25, -0.2) is 4.63 Å². The van der Waals surface area contributed by atoms with Crippen LogP contribution in [0, 0.1) is 5.41 Å². The number of hydrogen-bond acceptors (Lipinski definition) is 7. The standard InChI is InChI=1S/C18H20N4O3/c1-18(2)8-11-14(12(23)9-18)15(10-6-4-5-7-13(10)24-3)20-17-16(19-11)21-25-22-17/h4-7,15H,8-9H2,1-3H3,(H,19,21)(H,20,22)/t15-/m0/s1. The molecule has 7 nitrogen and oxygen atoms in total. The molecule has 4 rings (SSSR count). The zero-order valence-electron chi connectivity index (χ0n) is 14.4. The first-order valence-electron chi connectivity index (χ1n) is 8.24. The summed E-state index contributed by atoms with van der Waals surface area (Å²) in [5.74, 6) is 1.81. The number of allylic oxidation sites excluding steroid dienone is 1. The second-order valence-electron chi connectivity index (χ2n) is 7.24. The first-order chi connectivity index (χ1) is 12.0. The van der Waals surface area contributed by atoms with Crippen LogP contribution >= 0.6 is 0 Å². The number of aromatic nitrogens is 2. The van der Waals surface area contributed by atoms with E-state index in [0.29, 0.717) is 29.4 Å². The predicted octanol–water partition coefficient (Wildman–Crippen LogP) is 3.30. The lowest BCUT2D eigenvalue weighted by Crippen LogP contribution is -2.31. The Labute approximate surface area is 145 Å². The third-order valence-electron chi connectivity index (χ3n) is 4.70. The molecule has 25 heavy (non-hydrogen) atoms. The van der Waals surface area contributed by atoms with Gasteiger partial charge in [0.05, 0.1) is 13.2 Å². The van der Waals surface area contributed by atoms with Crippen molar-refractivity contribution in [2.24, 2.45) is 5.41 Å². The van der Waals surface area contributed by atoms with Gasteiger partial charge < -0.3 is 15.4 Å². The molecule has 7 heteroatoms. The van der Waals surface area contributed by atoms with Gasteiger partial charge in [0.15, 0.2) is 5.78 Å². The molecule has 0 amide bonds. The lowest BCUT2D eigenvalue weighted by molar-refractivity contribution is -0.118. The maximum atomic E-state index is 13.0. The van der Waals surface area contributed by atoms with Crippen LogP contribution in [-0.4, -0.2) is 23.2 Å². The Balaban J connectivity index is 1.90. The molecule has 0 fully saturated rings. The van der Waals surface area contributed by atoms with E-state index in [1.807, 2.05) is 24.3 Å². The molecule has 0 saturated heterocycles. The van der Waals surface area contributed by atoms with Crippen LogP contribution in [0.2, 0.25) is 0 Å². The smallest absolute Gasteiger partial charge is 0.219 e. The van der Waals surface area contributed by atoms with Gasteiger partial charge >= 0.3 is 0 Å². The summed E-state index contributed by atoms with van der Waals surface area (Å²) < 4.78 is 10.4. The summed E-state index contributed by atoms with van der Waals surface area (Å²) in [6.07, 6.45) is 1.24. The number of benzene rings is 1. The van der Waals surface area contributed by atoms with E-state index in [4.69, 9.17) is 9.37 Å². The van der Waals surface area contributed by atoms with Crippen molar-refractivity contribution in [2.75, 3.05) is 17.7 Å². The number of Topliss-reactive ketones (excluding diaryl/α,β-unsaturated/α-hetero) is 1. The first-order valence-corrected chi connectivity index (χ1v) is 8.24. The molecule has 2 aliphatic rings. The number of fused-ring (bicyclic) bond motifs is 1. The fraction of sp³-hybridized carbons (Fsp3) is 0.389. The largest absolute Gasteiger partial charge is 0.496 e. The van der Waals surface area contributed by atoms with E-state index in [1.54, 1.807) is 7.11 Å². The lowest BCUT2D eigenvalue weighted by atomic mass is 9.73. The molecule has 130 valence electrons. The van der Waals surface area contributed by atoms with Gasteiger partial charge in [-0.2, -0.15) is 0 Å². The molecule has 0 spiro atoms. The van der Waals surface area contributed by atoms with Crippen LogP contribution in [0.25, 0.3) is 0 Å². The van der Waals surface area contributed by atoms with Gasteiger partial charge in [-0.15, -0.1) is 0 Å². The van der Waals surface area contributed by atoms with Crippen LogP contribution < -0.4 is 15.4 Å². The molecule has 0 radical (unpaired) electrons. The fourth-order valence-corrected chi connectivity index (χ4v) is 3.64. The molecule has 2 aromatic rings. The van der Waals surface area contributed by atoms with Gasteiger partial charge in [0.2, 0.25) is 11.6 Å². The summed E-state index contributed by atoms with van der Waals surface area (Å²) in [4.78, 5) is 13.0. The number of nitrogens with one attached hydrogen (secondary N) is 2. The number of ether oxygens (including phenoxy) is 1. The number of ketones is 1. The van der Waals surface area contributed by atoms with Crippen LogP contribution in [0.3, 0.4) is 0 Å². The number of carbonyl (C=O) groups excluding carboxylic acids is 1. The molecule has 2 N–H and O–H groups in total. The van der Waals surface area contributed by atoms with Crippen molar-refractivity contribution < 1.29 is 14.2 Å². The molecule has 0 bridgehead atoms. The highest BCUT2D eigenvalue weighted by Crippen LogP contribution is 2.45. The van der Waals surface area contributed by atoms with E-state index in [2.05, 4.69) is 34.8 Å². The van der Waals surface area contributed by atoms with Crippen molar-refractivity contribution in [3.05, 3.63) is 41.1 Å². The van der Waals surface area contributed by atoms with Crippen LogP contribution in [0.4, 0.5) is 11.6 Å². The zero-order valence-corrected chi connectivity index (χ0v) is 14.4. The van der Waals surface area contributed by atoms with Crippen molar-refractivity contribution >= 4 is 17.4 Å². The average Bonchev–Trinajstić information content (AvgIpc) is 2.93. The van der Waals surface area contributed by atoms with Crippen molar-refractivity contribution in [3.8, 4) is 5.75 Å². The number of nitrogens with zero attached hydrogens (tertiary/aromatic N) is 2. The van der Waals surface area contributed by atoms with E-state index in [0.717, 1.165) is 17.7 Å². The molecule has 1 aliphatic carbocycles. The average molecular weight is 340 g/mol. The van der Waals surface area contributed by atoms with Crippen LogP contribution in [-0.2, 0) is 4.79 Å². The van der Waals surface area contributed by atoms with E-state index >= 15 is 0 Å². The van der Waals surface area contributed by atoms with Crippen molar-refractivity contribution in [3.63, 3.8) is 0 Å². The zero-order chi connectivity index (χ0) is 17.6. The summed E-state index contributed by atoms with van der Waals surface area (Å²) in [5.41, 5.74) is 2.33. The van der Waals surface area contributed by atoms with Crippen molar-refractivity contribution in [1.29, 1.82) is 0 Å². The van der Waals surface area contributed by atoms with E-state index in [9.17, 15) is 4.79 Å². The Morgan fingerprint density at radius 2 is 1.96 bits per heavy atom. The highest BCUT2D eigenvalue weighted by Gasteiger charge is 2.40. The molecule has 1 aliphatic heterocycles. The topological polar surface area (TPSA) is 89.3 Å². The molecular formula is C18H20N4O3. The maximum absolute atomic E-state index is 13.0. The summed E-state index contributed by atoms with van der Waals surface area (Å²) in [7, 11) is 1.62. The maximum Gasteiger partial charge on any atom is 0.219 e. The molecule has 1 atom stereocenters. The molecule has 1 aromatic heterocycles. The number of para-hydroxylation sites is 1. The fourth-order valence-electron chi connectivity index (χ4n) is 3.64. The third-order valence-corrected chi connectivity index (χ3v) is 4.70. The van der Waals surface area contributed by atoms with E-state index < -0.39 is 0 Å². The second kappa shape index (κ2) is 5.61. The second-order valence-corrected chi connectivity index (χ2v) is 7.24. The Morgan fingerprint density at radius 1 is 1.20 bits per heavy atom. The normalized spacial score (nSPS) is 21.6. The Morgan fingerprint density at radius 3 is 2.76 bits per heavy atom. The Bertz CT molecular complexity index is 869. The van der Waals surface area contributed by atoms with E-state index in [1.165, 1.54) is 0 Å². The molecule has 0 unspecified atom stereocenters.